The van der Waals surface area contributed by atoms with Gasteiger partial charge in [-0.15, -0.1) is 0 Å². The molecule has 114 valence electrons. The van der Waals surface area contributed by atoms with Crippen LogP contribution in [0.3, 0.4) is 0 Å². The normalized spacial score (nSPS) is 22.0. The van der Waals surface area contributed by atoms with E-state index < -0.39 is 5.54 Å². The molecule has 5 heteroatoms. The molecule has 0 radical (unpaired) electrons. The van der Waals surface area contributed by atoms with Gasteiger partial charge in [-0.2, -0.15) is 5.10 Å². The van der Waals surface area contributed by atoms with Gasteiger partial charge in [0.1, 0.15) is 5.54 Å². The molecule has 0 saturated carbocycles. The van der Waals surface area contributed by atoms with E-state index in [0.29, 0.717) is 12.8 Å². The number of nitrogens with zero attached hydrogens (tertiary/aromatic N) is 1. The molecule has 1 aromatic heterocycles. The van der Waals surface area contributed by atoms with Crippen molar-refractivity contribution in [3.05, 3.63) is 52.8 Å². The molecule has 4 N–H and O–H groups in total. The number of amides is 1. The van der Waals surface area contributed by atoms with Crippen molar-refractivity contribution in [2.24, 2.45) is 5.73 Å². The van der Waals surface area contributed by atoms with E-state index in [2.05, 4.69) is 27.6 Å². The van der Waals surface area contributed by atoms with Crippen LogP contribution in [-0.4, -0.2) is 27.7 Å². The van der Waals surface area contributed by atoms with Crippen LogP contribution in [0.4, 0.5) is 0 Å². The highest BCUT2D eigenvalue weighted by Crippen LogP contribution is 2.29. The molecule has 0 saturated heterocycles. The van der Waals surface area contributed by atoms with Crippen molar-refractivity contribution in [2.75, 3.05) is 0 Å². The number of carbonyl (C=O) groups excluding carboxylic acids is 1. The van der Waals surface area contributed by atoms with Crippen molar-refractivity contribution in [1.82, 2.24) is 15.5 Å². The zero-order chi connectivity index (χ0) is 15.2. The fourth-order valence-corrected chi connectivity index (χ4v) is 3.67. The molecule has 0 unspecified atom stereocenters. The summed E-state index contributed by atoms with van der Waals surface area (Å²) in [6, 6.07) is 8.29. The molecule has 2 aliphatic carbocycles. The second-order valence-corrected chi connectivity index (χ2v) is 6.57. The summed E-state index contributed by atoms with van der Waals surface area (Å²) in [5.74, 6) is -0.0272. The van der Waals surface area contributed by atoms with Crippen LogP contribution in [0.5, 0.6) is 0 Å². The zero-order valence-corrected chi connectivity index (χ0v) is 12.4. The second kappa shape index (κ2) is 4.95. The summed E-state index contributed by atoms with van der Waals surface area (Å²) in [5.41, 5.74) is 10.4. The van der Waals surface area contributed by atoms with Crippen molar-refractivity contribution < 1.29 is 4.79 Å². The first kappa shape index (κ1) is 13.5. The van der Waals surface area contributed by atoms with Gasteiger partial charge in [-0.1, -0.05) is 24.3 Å². The topological polar surface area (TPSA) is 83.8 Å². The second-order valence-electron chi connectivity index (χ2n) is 6.57. The van der Waals surface area contributed by atoms with Crippen LogP contribution in [0.2, 0.25) is 0 Å². The summed E-state index contributed by atoms with van der Waals surface area (Å²) >= 11 is 0. The third-order valence-electron chi connectivity index (χ3n) is 4.93. The van der Waals surface area contributed by atoms with E-state index in [1.165, 1.54) is 22.4 Å². The number of rotatable bonds is 2. The van der Waals surface area contributed by atoms with Crippen molar-refractivity contribution in [2.45, 2.75) is 43.7 Å². The number of carbonyl (C=O) groups is 1. The van der Waals surface area contributed by atoms with Gasteiger partial charge >= 0.3 is 0 Å². The van der Waals surface area contributed by atoms with Crippen LogP contribution in [-0.2, 0) is 30.5 Å². The zero-order valence-electron chi connectivity index (χ0n) is 12.4. The van der Waals surface area contributed by atoms with Crippen LogP contribution in [0.25, 0.3) is 0 Å². The standard InChI is InChI=1S/C17H20N4O/c18-17(8-11-3-1-2-4-12(11)9-17)16(22)20-14-5-6-15-13(7-14)10-19-21-15/h1-4,10,14H,5-9,18H2,(H,19,21)(H,20,22)/t14-/m0/s1. The maximum atomic E-state index is 12.7. The molecule has 0 spiro atoms. The number of nitrogens with one attached hydrogen (secondary N) is 2. The molecule has 0 bridgehead atoms. The maximum Gasteiger partial charge on any atom is 0.241 e. The average Bonchev–Trinajstić information content (AvgIpc) is 3.10. The molecule has 1 heterocycles. The van der Waals surface area contributed by atoms with E-state index in [-0.39, 0.29) is 11.9 Å². The summed E-state index contributed by atoms with van der Waals surface area (Å²) in [5, 5.41) is 10.3. The number of fused-ring (bicyclic) bond motifs is 2. The Morgan fingerprint density at radius 3 is 2.73 bits per heavy atom. The minimum atomic E-state index is -0.805. The van der Waals surface area contributed by atoms with Gasteiger partial charge in [0.25, 0.3) is 0 Å². The average molecular weight is 296 g/mol. The molecule has 0 fully saturated rings. The molecule has 1 amide bonds. The molecule has 1 atom stereocenters. The Morgan fingerprint density at radius 2 is 2.00 bits per heavy atom. The van der Waals surface area contributed by atoms with Crippen LogP contribution in [0.1, 0.15) is 28.8 Å². The van der Waals surface area contributed by atoms with Crippen molar-refractivity contribution in [3.63, 3.8) is 0 Å². The van der Waals surface area contributed by atoms with Gasteiger partial charge in [-0.25, -0.2) is 0 Å². The smallest absolute Gasteiger partial charge is 0.241 e. The van der Waals surface area contributed by atoms with Crippen LogP contribution in [0, 0.1) is 0 Å². The monoisotopic (exact) mass is 296 g/mol. The van der Waals surface area contributed by atoms with Gasteiger partial charge < -0.3 is 11.1 Å². The summed E-state index contributed by atoms with van der Waals surface area (Å²) < 4.78 is 0. The lowest BCUT2D eigenvalue weighted by molar-refractivity contribution is -0.126. The Labute approximate surface area is 129 Å². The first-order valence-electron chi connectivity index (χ1n) is 7.82. The van der Waals surface area contributed by atoms with E-state index in [0.717, 1.165) is 19.3 Å². The fourth-order valence-electron chi connectivity index (χ4n) is 3.67. The lowest BCUT2D eigenvalue weighted by Gasteiger charge is -2.28. The summed E-state index contributed by atoms with van der Waals surface area (Å²) in [6.45, 7) is 0. The highest BCUT2D eigenvalue weighted by Gasteiger charge is 2.41. The predicted octanol–water partition coefficient (Wildman–Crippen LogP) is 0.880. The molecular formula is C17H20N4O. The number of H-pyrrole nitrogens is 1. The Morgan fingerprint density at radius 1 is 1.27 bits per heavy atom. The highest BCUT2D eigenvalue weighted by molar-refractivity contribution is 5.88. The quantitative estimate of drug-likeness (QED) is 0.769. The van der Waals surface area contributed by atoms with Gasteiger partial charge in [0.05, 0.1) is 6.20 Å². The third-order valence-corrected chi connectivity index (χ3v) is 4.93. The Hall–Kier alpha value is -2.14. The summed E-state index contributed by atoms with van der Waals surface area (Å²) in [7, 11) is 0. The number of hydrogen-bond acceptors (Lipinski definition) is 3. The molecule has 1 aromatic carbocycles. The maximum absolute atomic E-state index is 12.7. The minimum Gasteiger partial charge on any atom is -0.351 e. The number of nitrogens with two attached hydrogens (primary N) is 1. The lowest BCUT2D eigenvalue weighted by atomic mass is 9.91. The Balaban J connectivity index is 1.45. The molecule has 22 heavy (non-hydrogen) atoms. The summed E-state index contributed by atoms with van der Waals surface area (Å²) in [6.07, 6.45) is 5.80. The third kappa shape index (κ3) is 2.22. The van der Waals surface area contributed by atoms with Crippen LogP contribution < -0.4 is 11.1 Å². The molecule has 0 aliphatic heterocycles. The summed E-state index contributed by atoms with van der Waals surface area (Å²) in [4.78, 5) is 12.7. The number of aromatic nitrogens is 2. The van der Waals surface area contributed by atoms with Gasteiger partial charge in [0, 0.05) is 11.7 Å². The van der Waals surface area contributed by atoms with E-state index >= 15 is 0 Å². The molecular weight excluding hydrogens is 276 g/mol. The van der Waals surface area contributed by atoms with E-state index in [4.69, 9.17) is 5.73 Å². The Bertz CT molecular complexity index is 696. The van der Waals surface area contributed by atoms with Crippen LogP contribution in [0.15, 0.2) is 30.5 Å². The first-order valence-corrected chi connectivity index (χ1v) is 7.82. The lowest BCUT2D eigenvalue weighted by Crippen LogP contribution is -2.57. The van der Waals surface area contributed by atoms with Crippen LogP contribution >= 0.6 is 0 Å². The minimum absolute atomic E-state index is 0.0272. The highest BCUT2D eigenvalue weighted by atomic mass is 16.2. The van der Waals surface area contributed by atoms with Crippen molar-refractivity contribution >= 4 is 5.91 Å². The largest absolute Gasteiger partial charge is 0.351 e. The van der Waals surface area contributed by atoms with Gasteiger partial charge in [-0.3, -0.25) is 9.89 Å². The van der Waals surface area contributed by atoms with E-state index in [1.54, 1.807) is 0 Å². The SMILES string of the molecule is NC1(C(=O)N[C@H]2CCc3[nH]ncc3C2)Cc2ccccc2C1. The van der Waals surface area contributed by atoms with E-state index in [9.17, 15) is 4.79 Å². The predicted molar refractivity (Wildman–Crippen MR) is 83.3 cm³/mol. The van der Waals surface area contributed by atoms with E-state index in [1.807, 2.05) is 18.3 Å². The molecule has 5 nitrogen and oxygen atoms in total. The molecule has 2 aliphatic rings. The Kier molecular flexibility index (Phi) is 3.04. The number of aromatic amines is 1. The molecule has 2 aromatic rings. The molecule has 4 rings (SSSR count). The number of benzene rings is 1. The van der Waals surface area contributed by atoms with Gasteiger partial charge in [-0.05, 0) is 48.8 Å². The number of hydrogen-bond donors (Lipinski definition) is 3. The van der Waals surface area contributed by atoms with Crippen molar-refractivity contribution in [3.8, 4) is 0 Å². The van der Waals surface area contributed by atoms with Gasteiger partial charge in [0.2, 0.25) is 5.91 Å². The van der Waals surface area contributed by atoms with Crippen molar-refractivity contribution in [1.29, 1.82) is 0 Å². The van der Waals surface area contributed by atoms with Gasteiger partial charge in [0.15, 0.2) is 0 Å². The fraction of sp³-hybridized carbons (Fsp3) is 0.412. The number of aryl methyl sites for hydroxylation is 1. The first-order chi connectivity index (χ1) is 10.6.